The van der Waals surface area contributed by atoms with Crippen LogP contribution in [-0.4, -0.2) is 67.3 Å². The zero-order chi connectivity index (χ0) is 19.8. The number of hydrogen-bond acceptors (Lipinski definition) is 6. The van der Waals surface area contributed by atoms with Crippen molar-refractivity contribution in [2.45, 2.75) is 6.10 Å². The molecule has 0 bridgehead atoms. The van der Waals surface area contributed by atoms with E-state index in [1.54, 1.807) is 34.1 Å². The molecule has 2 amide bonds. The van der Waals surface area contributed by atoms with Gasteiger partial charge >= 0.3 is 0 Å². The van der Waals surface area contributed by atoms with Gasteiger partial charge in [0.05, 0.1) is 0 Å². The molecule has 2 aromatic carbocycles. The van der Waals surface area contributed by atoms with Gasteiger partial charge in [-0.3, -0.25) is 9.59 Å². The maximum atomic E-state index is 12.8. The Balaban J connectivity index is 1.19. The molecule has 0 aromatic heterocycles. The van der Waals surface area contributed by atoms with Gasteiger partial charge in [0.1, 0.15) is 6.61 Å². The summed E-state index contributed by atoms with van der Waals surface area (Å²) in [6, 6.07) is 12.5. The highest BCUT2D eigenvalue weighted by atomic mass is 16.7. The summed E-state index contributed by atoms with van der Waals surface area (Å²) in [6.07, 6.45) is -0.666. The summed E-state index contributed by atoms with van der Waals surface area (Å²) >= 11 is 0. The van der Waals surface area contributed by atoms with E-state index in [9.17, 15) is 9.59 Å². The second kappa shape index (κ2) is 7.20. The third-order valence-corrected chi connectivity index (χ3v) is 5.28. The molecular weight excluding hydrogens is 376 g/mol. The Morgan fingerprint density at radius 1 is 0.793 bits per heavy atom. The third kappa shape index (κ3) is 3.30. The van der Waals surface area contributed by atoms with Gasteiger partial charge in [-0.1, -0.05) is 12.1 Å². The molecule has 0 unspecified atom stereocenters. The van der Waals surface area contributed by atoms with Crippen LogP contribution in [0.2, 0.25) is 0 Å². The fourth-order valence-corrected chi connectivity index (χ4v) is 3.69. The van der Waals surface area contributed by atoms with Gasteiger partial charge in [-0.05, 0) is 30.3 Å². The standard InChI is InChI=1S/C21H20N2O6/c24-20(14-5-6-16-18(11-14)28-13-27-16)22-7-9-23(10-8-22)21(25)19-12-26-15-3-1-2-4-17(15)29-19/h1-6,11,19H,7-10,12-13H2/t19-/m0/s1. The van der Waals surface area contributed by atoms with Crippen molar-refractivity contribution in [1.29, 1.82) is 0 Å². The van der Waals surface area contributed by atoms with Crippen LogP contribution in [0, 0.1) is 0 Å². The molecule has 3 aliphatic heterocycles. The van der Waals surface area contributed by atoms with Crippen molar-refractivity contribution < 1.29 is 28.5 Å². The molecule has 1 fully saturated rings. The first-order valence-corrected chi connectivity index (χ1v) is 9.55. The van der Waals surface area contributed by atoms with Crippen LogP contribution in [0.5, 0.6) is 23.0 Å². The highest BCUT2D eigenvalue weighted by Crippen LogP contribution is 2.33. The van der Waals surface area contributed by atoms with Crippen molar-refractivity contribution in [3.05, 3.63) is 48.0 Å². The lowest BCUT2D eigenvalue weighted by Crippen LogP contribution is -2.55. The van der Waals surface area contributed by atoms with Gasteiger partial charge in [-0.15, -0.1) is 0 Å². The van der Waals surface area contributed by atoms with Crippen molar-refractivity contribution in [3.63, 3.8) is 0 Å². The predicted octanol–water partition coefficient (Wildman–Crippen LogP) is 1.54. The number of carbonyl (C=O) groups excluding carboxylic acids is 2. The maximum Gasteiger partial charge on any atom is 0.267 e. The molecule has 3 heterocycles. The molecule has 8 heteroatoms. The molecule has 0 N–H and O–H groups in total. The van der Waals surface area contributed by atoms with Crippen LogP contribution in [-0.2, 0) is 4.79 Å². The SMILES string of the molecule is O=C(c1ccc2c(c1)OCO2)N1CCN(C(=O)[C@@H]2COc3ccccc3O2)CC1. The van der Waals surface area contributed by atoms with Crippen LogP contribution in [0.1, 0.15) is 10.4 Å². The number of amides is 2. The smallest absolute Gasteiger partial charge is 0.267 e. The zero-order valence-corrected chi connectivity index (χ0v) is 15.7. The number of nitrogens with zero attached hydrogens (tertiary/aromatic N) is 2. The van der Waals surface area contributed by atoms with Crippen molar-refractivity contribution >= 4 is 11.8 Å². The maximum absolute atomic E-state index is 12.8. The topological polar surface area (TPSA) is 77.5 Å². The van der Waals surface area contributed by atoms with E-state index in [2.05, 4.69) is 0 Å². The predicted molar refractivity (Wildman–Crippen MR) is 101 cm³/mol. The monoisotopic (exact) mass is 396 g/mol. The molecule has 5 rings (SSSR count). The first-order valence-electron chi connectivity index (χ1n) is 9.55. The summed E-state index contributed by atoms with van der Waals surface area (Å²) in [4.78, 5) is 29.1. The minimum absolute atomic E-state index is 0.0819. The van der Waals surface area contributed by atoms with Gasteiger partial charge in [0, 0.05) is 31.7 Å². The zero-order valence-electron chi connectivity index (χ0n) is 15.7. The van der Waals surface area contributed by atoms with Gasteiger partial charge in [-0.2, -0.15) is 0 Å². The Morgan fingerprint density at radius 2 is 1.48 bits per heavy atom. The lowest BCUT2D eigenvalue weighted by atomic mass is 10.1. The average Bonchev–Trinajstić information content (AvgIpc) is 3.26. The fourth-order valence-electron chi connectivity index (χ4n) is 3.69. The molecule has 0 aliphatic carbocycles. The van der Waals surface area contributed by atoms with Gasteiger partial charge < -0.3 is 28.7 Å². The molecule has 150 valence electrons. The van der Waals surface area contributed by atoms with Gasteiger partial charge in [0.15, 0.2) is 23.0 Å². The quantitative estimate of drug-likeness (QED) is 0.767. The molecule has 8 nitrogen and oxygen atoms in total. The average molecular weight is 396 g/mol. The van der Waals surface area contributed by atoms with E-state index >= 15 is 0 Å². The van der Waals surface area contributed by atoms with E-state index in [-0.39, 0.29) is 25.2 Å². The van der Waals surface area contributed by atoms with Gasteiger partial charge in [0.2, 0.25) is 12.9 Å². The van der Waals surface area contributed by atoms with Crippen molar-refractivity contribution in [2.75, 3.05) is 39.6 Å². The summed E-state index contributed by atoms with van der Waals surface area (Å²) in [7, 11) is 0. The summed E-state index contributed by atoms with van der Waals surface area (Å²) in [5.41, 5.74) is 0.551. The molecule has 2 aromatic rings. The van der Waals surface area contributed by atoms with Crippen LogP contribution in [0.15, 0.2) is 42.5 Å². The number of piperazine rings is 1. The summed E-state index contributed by atoms with van der Waals surface area (Å²) in [5.74, 6) is 2.26. The molecule has 0 radical (unpaired) electrons. The second-order valence-corrected chi connectivity index (χ2v) is 7.05. The van der Waals surface area contributed by atoms with E-state index in [1.807, 2.05) is 18.2 Å². The number of hydrogen-bond donors (Lipinski definition) is 0. The Morgan fingerprint density at radius 3 is 2.31 bits per heavy atom. The lowest BCUT2D eigenvalue weighted by molar-refractivity contribution is -0.142. The first kappa shape index (κ1) is 17.7. The number of para-hydroxylation sites is 2. The molecule has 3 aliphatic rings. The second-order valence-electron chi connectivity index (χ2n) is 7.05. The molecule has 1 atom stereocenters. The molecule has 0 saturated carbocycles. The number of fused-ring (bicyclic) bond motifs is 2. The highest BCUT2D eigenvalue weighted by Gasteiger charge is 2.33. The van der Waals surface area contributed by atoms with Crippen LogP contribution < -0.4 is 18.9 Å². The molecule has 0 spiro atoms. The third-order valence-electron chi connectivity index (χ3n) is 5.28. The van der Waals surface area contributed by atoms with E-state index in [0.29, 0.717) is 54.7 Å². The van der Waals surface area contributed by atoms with E-state index in [4.69, 9.17) is 18.9 Å². The van der Waals surface area contributed by atoms with Crippen LogP contribution in [0.4, 0.5) is 0 Å². The van der Waals surface area contributed by atoms with Gasteiger partial charge in [-0.25, -0.2) is 0 Å². The summed E-state index contributed by atoms with van der Waals surface area (Å²) in [6.45, 7) is 2.19. The minimum Gasteiger partial charge on any atom is -0.485 e. The number of rotatable bonds is 2. The largest absolute Gasteiger partial charge is 0.485 e. The number of ether oxygens (including phenoxy) is 4. The fraction of sp³-hybridized carbons (Fsp3) is 0.333. The number of carbonyl (C=O) groups is 2. The van der Waals surface area contributed by atoms with Crippen molar-refractivity contribution in [1.82, 2.24) is 9.80 Å². The molecule has 1 saturated heterocycles. The summed E-state index contributed by atoms with van der Waals surface area (Å²) in [5, 5.41) is 0. The normalized spacial score (nSPS) is 19.8. The number of benzene rings is 2. The minimum atomic E-state index is -0.666. The van der Waals surface area contributed by atoms with Crippen molar-refractivity contribution in [3.8, 4) is 23.0 Å². The van der Waals surface area contributed by atoms with E-state index in [1.165, 1.54) is 0 Å². The lowest BCUT2D eigenvalue weighted by Gasteiger charge is -2.37. The Bertz CT molecular complexity index is 954. The summed E-state index contributed by atoms with van der Waals surface area (Å²) < 4.78 is 22.1. The highest BCUT2D eigenvalue weighted by molar-refractivity contribution is 5.95. The van der Waals surface area contributed by atoms with Gasteiger partial charge in [0.25, 0.3) is 11.8 Å². The van der Waals surface area contributed by atoms with Crippen molar-refractivity contribution in [2.24, 2.45) is 0 Å². The van der Waals surface area contributed by atoms with E-state index in [0.717, 1.165) is 0 Å². The Kier molecular flexibility index (Phi) is 4.38. The van der Waals surface area contributed by atoms with Crippen LogP contribution in [0.3, 0.4) is 0 Å². The first-order chi connectivity index (χ1) is 14.2. The van der Waals surface area contributed by atoms with Crippen LogP contribution >= 0.6 is 0 Å². The van der Waals surface area contributed by atoms with Crippen LogP contribution in [0.25, 0.3) is 0 Å². The molecular formula is C21H20N2O6. The molecule has 29 heavy (non-hydrogen) atoms. The van der Waals surface area contributed by atoms with E-state index < -0.39 is 6.10 Å². The Labute approximate surface area is 167 Å². The Hall–Kier alpha value is -3.42.